The third-order valence-electron chi connectivity index (χ3n) is 2.81. The highest BCUT2D eigenvalue weighted by atomic mass is 16.5. The molecule has 1 amide bonds. The van der Waals surface area contributed by atoms with Crippen LogP contribution in [0.4, 0.5) is 0 Å². The summed E-state index contributed by atoms with van der Waals surface area (Å²) in [5, 5.41) is 0. The van der Waals surface area contributed by atoms with Crippen molar-refractivity contribution in [1.82, 2.24) is 0 Å². The van der Waals surface area contributed by atoms with Crippen LogP contribution in [-0.4, -0.2) is 11.9 Å². The molecule has 0 saturated heterocycles. The Labute approximate surface area is 122 Å². The predicted octanol–water partition coefficient (Wildman–Crippen LogP) is 2.47. The minimum absolute atomic E-state index is 0.548. The van der Waals surface area contributed by atoms with Crippen molar-refractivity contribution in [3.8, 4) is 0 Å². The van der Waals surface area contributed by atoms with E-state index in [1.54, 1.807) is 36.4 Å². The van der Waals surface area contributed by atoms with Gasteiger partial charge in [0.15, 0.2) is 0 Å². The average molecular weight is 281 g/mol. The molecule has 1 atom stereocenters. The molecule has 0 bridgehead atoms. The van der Waals surface area contributed by atoms with Crippen LogP contribution in [0.5, 0.6) is 0 Å². The average Bonchev–Trinajstić information content (AvgIpc) is 2.52. The molecule has 0 saturated carbocycles. The molecular weight excluding hydrogens is 266 g/mol. The lowest BCUT2D eigenvalue weighted by Crippen LogP contribution is -2.25. The SMILES string of the molecule is NC(=O)C(OC(=O)/C=C/c1ccccc1)c1ccccc1. The first kappa shape index (κ1) is 14.5. The molecule has 4 nitrogen and oxygen atoms in total. The van der Waals surface area contributed by atoms with Crippen molar-refractivity contribution >= 4 is 18.0 Å². The van der Waals surface area contributed by atoms with E-state index in [4.69, 9.17) is 10.5 Å². The topological polar surface area (TPSA) is 69.4 Å². The van der Waals surface area contributed by atoms with Gasteiger partial charge in [-0.15, -0.1) is 0 Å². The minimum Gasteiger partial charge on any atom is -0.444 e. The Morgan fingerprint density at radius 2 is 1.52 bits per heavy atom. The lowest BCUT2D eigenvalue weighted by atomic mass is 10.1. The second-order valence-corrected chi connectivity index (χ2v) is 4.37. The summed E-state index contributed by atoms with van der Waals surface area (Å²) < 4.78 is 5.12. The summed E-state index contributed by atoms with van der Waals surface area (Å²) in [5.74, 6) is -1.32. The van der Waals surface area contributed by atoms with Crippen LogP contribution < -0.4 is 5.73 Å². The molecule has 0 aliphatic rings. The Balaban J connectivity index is 2.06. The maximum Gasteiger partial charge on any atom is 0.331 e. The van der Waals surface area contributed by atoms with Crippen LogP contribution in [0.25, 0.3) is 6.08 Å². The number of hydrogen-bond donors (Lipinski definition) is 1. The first-order valence-corrected chi connectivity index (χ1v) is 6.45. The van der Waals surface area contributed by atoms with Crippen LogP contribution in [-0.2, 0) is 14.3 Å². The fourth-order valence-corrected chi connectivity index (χ4v) is 1.80. The third-order valence-corrected chi connectivity index (χ3v) is 2.81. The Kier molecular flexibility index (Phi) is 4.88. The Morgan fingerprint density at radius 3 is 2.10 bits per heavy atom. The van der Waals surface area contributed by atoms with Crippen molar-refractivity contribution in [2.75, 3.05) is 0 Å². The monoisotopic (exact) mass is 281 g/mol. The van der Waals surface area contributed by atoms with E-state index in [1.165, 1.54) is 6.08 Å². The van der Waals surface area contributed by atoms with Crippen LogP contribution >= 0.6 is 0 Å². The lowest BCUT2D eigenvalue weighted by Gasteiger charge is -2.13. The summed E-state index contributed by atoms with van der Waals surface area (Å²) >= 11 is 0. The van der Waals surface area contributed by atoms with Crippen molar-refractivity contribution in [3.63, 3.8) is 0 Å². The van der Waals surface area contributed by atoms with E-state index in [9.17, 15) is 9.59 Å². The number of nitrogens with two attached hydrogens (primary N) is 1. The van der Waals surface area contributed by atoms with Crippen LogP contribution in [0.15, 0.2) is 66.7 Å². The first-order chi connectivity index (χ1) is 10.2. The van der Waals surface area contributed by atoms with Gasteiger partial charge in [-0.1, -0.05) is 60.7 Å². The molecule has 0 radical (unpaired) electrons. The van der Waals surface area contributed by atoms with E-state index in [0.717, 1.165) is 5.56 Å². The summed E-state index contributed by atoms with van der Waals surface area (Å²) in [7, 11) is 0. The van der Waals surface area contributed by atoms with Gasteiger partial charge in [0.1, 0.15) is 0 Å². The van der Waals surface area contributed by atoms with Crippen molar-refractivity contribution in [2.24, 2.45) is 5.73 Å². The second-order valence-electron chi connectivity index (χ2n) is 4.37. The third kappa shape index (κ3) is 4.31. The van der Waals surface area contributed by atoms with Gasteiger partial charge in [-0.3, -0.25) is 4.79 Å². The number of esters is 1. The molecule has 21 heavy (non-hydrogen) atoms. The Hall–Kier alpha value is -2.88. The smallest absolute Gasteiger partial charge is 0.331 e. The van der Waals surface area contributed by atoms with E-state index in [2.05, 4.69) is 0 Å². The molecule has 0 aliphatic carbocycles. The minimum atomic E-state index is -1.08. The molecule has 0 aromatic heterocycles. The van der Waals surface area contributed by atoms with Gasteiger partial charge in [0.2, 0.25) is 6.10 Å². The maximum absolute atomic E-state index is 11.8. The fraction of sp³-hybridized carbons (Fsp3) is 0.0588. The molecule has 1 unspecified atom stereocenters. The molecular formula is C17H15NO3. The molecule has 0 heterocycles. The highest BCUT2D eigenvalue weighted by Crippen LogP contribution is 2.17. The number of carbonyl (C=O) groups excluding carboxylic acids is 2. The van der Waals surface area contributed by atoms with Crippen LogP contribution in [0.1, 0.15) is 17.2 Å². The van der Waals surface area contributed by atoms with Crippen molar-refractivity contribution < 1.29 is 14.3 Å². The van der Waals surface area contributed by atoms with Crippen LogP contribution in [0.3, 0.4) is 0 Å². The van der Waals surface area contributed by atoms with E-state index in [1.807, 2.05) is 30.3 Å². The van der Waals surface area contributed by atoms with E-state index in [0.29, 0.717) is 5.56 Å². The van der Waals surface area contributed by atoms with E-state index in [-0.39, 0.29) is 0 Å². The molecule has 0 spiro atoms. The Bertz CT molecular complexity index is 636. The predicted molar refractivity (Wildman–Crippen MR) is 79.9 cm³/mol. The van der Waals surface area contributed by atoms with Gasteiger partial charge < -0.3 is 10.5 Å². The molecule has 2 rings (SSSR count). The zero-order chi connectivity index (χ0) is 15.1. The van der Waals surface area contributed by atoms with Gasteiger partial charge in [0, 0.05) is 11.6 Å². The van der Waals surface area contributed by atoms with Crippen LogP contribution in [0.2, 0.25) is 0 Å². The summed E-state index contributed by atoms with van der Waals surface area (Å²) in [6.07, 6.45) is 1.80. The van der Waals surface area contributed by atoms with Gasteiger partial charge in [0.25, 0.3) is 5.91 Å². The molecule has 0 aliphatic heterocycles. The second kappa shape index (κ2) is 7.05. The first-order valence-electron chi connectivity index (χ1n) is 6.45. The summed E-state index contributed by atoms with van der Waals surface area (Å²) in [4.78, 5) is 23.2. The number of carbonyl (C=O) groups is 2. The van der Waals surface area contributed by atoms with Crippen LogP contribution in [0, 0.1) is 0 Å². The van der Waals surface area contributed by atoms with Crippen molar-refractivity contribution in [2.45, 2.75) is 6.10 Å². The molecule has 2 aromatic rings. The van der Waals surface area contributed by atoms with Crippen molar-refractivity contribution in [3.05, 3.63) is 77.9 Å². The number of primary amides is 1. The molecule has 2 N–H and O–H groups in total. The van der Waals surface area contributed by atoms with Gasteiger partial charge in [-0.05, 0) is 11.6 Å². The highest BCUT2D eigenvalue weighted by Gasteiger charge is 2.21. The van der Waals surface area contributed by atoms with E-state index >= 15 is 0 Å². The zero-order valence-corrected chi connectivity index (χ0v) is 11.3. The largest absolute Gasteiger partial charge is 0.444 e. The van der Waals surface area contributed by atoms with E-state index < -0.39 is 18.0 Å². The number of ether oxygens (including phenoxy) is 1. The molecule has 0 fully saturated rings. The molecule has 4 heteroatoms. The number of hydrogen-bond acceptors (Lipinski definition) is 3. The molecule has 106 valence electrons. The fourth-order valence-electron chi connectivity index (χ4n) is 1.80. The number of amides is 1. The number of rotatable bonds is 5. The van der Waals surface area contributed by atoms with Gasteiger partial charge in [0.05, 0.1) is 0 Å². The standard InChI is InChI=1S/C17H15NO3/c18-17(20)16(14-9-5-2-6-10-14)21-15(19)12-11-13-7-3-1-4-8-13/h1-12,16H,(H2,18,20)/b12-11+. The Morgan fingerprint density at radius 1 is 0.952 bits per heavy atom. The summed E-state index contributed by atoms with van der Waals surface area (Å²) in [6, 6.07) is 18.0. The molecule has 2 aromatic carbocycles. The normalized spacial score (nSPS) is 12.0. The van der Waals surface area contributed by atoms with Gasteiger partial charge in [-0.25, -0.2) is 4.79 Å². The maximum atomic E-state index is 11.8. The van der Waals surface area contributed by atoms with Gasteiger partial charge >= 0.3 is 5.97 Å². The number of benzene rings is 2. The summed E-state index contributed by atoms with van der Waals surface area (Å²) in [5.41, 5.74) is 6.70. The zero-order valence-electron chi connectivity index (χ0n) is 11.3. The highest BCUT2D eigenvalue weighted by molar-refractivity contribution is 5.90. The van der Waals surface area contributed by atoms with Gasteiger partial charge in [-0.2, -0.15) is 0 Å². The quantitative estimate of drug-likeness (QED) is 0.676. The lowest BCUT2D eigenvalue weighted by molar-refractivity contribution is -0.150. The summed E-state index contributed by atoms with van der Waals surface area (Å²) in [6.45, 7) is 0. The van der Waals surface area contributed by atoms with Crippen molar-refractivity contribution in [1.29, 1.82) is 0 Å².